The zero-order valence-electron chi connectivity index (χ0n) is 22.3. The van der Waals surface area contributed by atoms with Gasteiger partial charge >= 0.3 is 0 Å². The molecule has 37 heavy (non-hydrogen) atoms. The molecular formula is C29H37N5O3. The number of fused-ring (bicyclic) bond motifs is 1. The number of para-hydroxylation sites is 1. The Morgan fingerprint density at radius 1 is 1.08 bits per heavy atom. The van der Waals surface area contributed by atoms with E-state index in [9.17, 15) is 14.4 Å². The van der Waals surface area contributed by atoms with Crippen molar-refractivity contribution in [3.8, 4) is 0 Å². The summed E-state index contributed by atoms with van der Waals surface area (Å²) in [6.45, 7) is 12.3. The topological polar surface area (TPSA) is 90.4 Å². The fourth-order valence-electron chi connectivity index (χ4n) is 6.01. The van der Waals surface area contributed by atoms with Crippen LogP contribution in [0.15, 0.2) is 35.1 Å². The minimum atomic E-state index is -0.154. The lowest BCUT2D eigenvalue weighted by molar-refractivity contribution is -0.136. The van der Waals surface area contributed by atoms with Gasteiger partial charge < -0.3 is 19.8 Å². The molecule has 2 aliphatic rings. The molecular weight excluding hydrogens is 466 g/mol. The highest BCUT2D eigenvalue weighted by Gasteiger charge is 2.35. The molecule has 0 spiro atoms. The van der Waals surface area contributed by atoms with Crippen molar-refractivity contribution in [1.82, 2.24) is 24.7 Å². The number of pyridine rings is 1. The molecule has 0 unspecified atom stereocenters. The van der Waals surface area contributed by atoms with E-state index in [1.54, 1.807) is 6.92 Å². The lowest BCUT2D eigenvalue weighted by Crippen LogP contribution is -2.61. The lowest BCUT2D eigenvalue weighted by atomic mass is 9.94. The van der Waals surface area contributed by atoms with Crippen molar-refractivity contribution >= 4 is 22.7 Å². The van der Waals surface area contributed by atoms with E-state index in [0.717, 1.165) is 73.4 Å². The average Bonchev–Trinajstić information content (AvgIpc) is 3.09. The third-order valence-electron chi connectivity index (χ3n) is 8.29. The molecule has 2 N–H and O–H groups in total. The Balaban J connectivity index is 1.29. The summed E-state index contributed by atoms with van der Waals surface area (Å²) in [6, 6.07) is 10.5. The number of hydrogen-bond acceptors (Lipinski definition) is 4. The number of benzene rings is 1. The molecule has 0 atom stereocenters. The van der Waals surface area contributed by atoms with E-state index in [2.05, 4.69) is 25.8 Å². The van der Waals surface area contributed by atoms with Crippen LogP contribution in [0.3, 0.4) is 0 Å². The Hall–Kier alpha value is -3.39. The van der Waals surface area contributed by atoms with E-state index >= 15 is 0 Å². The fourth-order valence-corrected chi connectivity index (χ4v) is 6.01. The normalized spacial score (nSPS) is 17.2. The predicted molar refractivity (Wildman–Crippen MR) is 145 cm³/mol. The number of carbonyl (C=O) groups excluding carboxylic acids is 2. The van der Waals surface area contributed by atoms with Gasteiger partial charge in [-0.3, -0.25) is 19.3 Å². The van der Waals surface area contributed by atoms with Gasteiger partial charge in [-0.15, -0.1) is 0 Å². The van der Waals surface area contributed by atoms with Gasteiger partial charge in [0.25, 0.3) is 11.5 Å². The van der Waals surface area contributed by atoms with Gasteiger partial charge in [0, 0.05) is 67.0 Å². The van der Waals surface area contributed by atoms with Gasteiger partial charge in [0.15, 0.2) is 0 Å². The van der Waals surface area contributed by atoms with Crippen LogP contribution in [0.5, 0.6) is 0 Å². The van der Waals surface area contributed by atoms with Crippen molar-refractivity contribution in [3.05, 3.63) is 68.8 Å². The zero-order valence-corrected chi connectivity index (χ0v) is 22.3. The number of aryl methyl sites for hydroxylation is 2. The van der Waals surface area contributed by atoms with Crippen LogP contribution >= 0.6 is 0 Å². The molecule has 8 nitrogen and oxygen atoms in total. The molecule has 2 fully saturated rings. The van der Waals surface area contributed by atoms with Crippen molar-refractivity contribution in [1.29, 1.82) is 0 Å². The van der Waals surface area contributed by atoms with E-state index in [1.165, 1.54) is 0 Å². The third kappa shape index (κ3) is 4.94. The van der Waals surface area contributed by atoms with Crippen molar-refractivity contribution in [3.63, 3.8) is 0 Å². The molecule has 2 aliphatic heterocycles. The highest BCUT2D eigenvalue weighted by atomic mass is 16.2. The smallest absolute Gasteiger partial charge is 0.254 e. The fraction of sp³-hybridized carbons (Fsp3) is 0.483. The van der Waals surface area contributed by atoms with Gasteiger partial charge in [0.05, 0.1) is 5.56 Å². The van der Waals surface area contributed by atoms with Crippen molar-refractivity contribution < 1.29 is 9.59 Å². The molecule has 2 saturated heterocycles. The van der Waals surface area contributed by atoms with Crippen LogP contribution in [-0.4, -0.2) is 63.4 Å². The Labute approximate surface area is 217 Å². The number of rotatable bonds is 6. The average molecular weight is 504 g/mol. The van der Waals surface area contributed by atoms with Gasteiger partial charge in [-0.1, -0.05) is 18.2 Å². The van der Waals surface area contributed by atoms with Crippen LogP contribution in [-0.2, 0) is 17.9 Å². The number of carbonyl (C=O) groups is 2. The van der Waals surface area contributed by atoms with Gasteiger partial charge in [0.1, 0.15) is 0 Å². The highest BCUT2D eigenvalue weighted by Crippen LogP contribution is 2.30. The molecule has 3 aromatic rings. The molecule has 0 bridgehead atoms. The number of hydrogen-bond donors (Lipinski definition) is 2. The summed E-state index contributed by atoms with van der Waals surface area (Å²) in [5.41, 5.74) is 4.85. The van der Waals surface area contributed by atoms with Crippen molar-refractivity contribution in [2.75, 3.05) is 26.2 Å². The van der Waals surface area contributed by atoms with Crippen LogP contribution in [0, 0.1) is 26.7 Å². The number of nitrogens with zero attached hydrogens (tertiary/aromatic N) is 3. The molecule has 5 rings (SSSR count). The van der Waals surface area contributed by atoms with Crippen LogP contribution < -0.4 is 10.9 Å². The summed E-state index contributed by atoms with van der Waals surface area (Å²) in [5.74, 6) is 0.558. The monoisotopic (exact) mass is 503 g/mol. The molecule has 0 saturated carbocycles. The first kappa shape index (κ1) is 25.3. The maximum absolute atomic E-state index is 13.4. The van der Waals surface area contributed by atoms with Crippen molar-refractivity contribution in [2.24, 2.45) is 5.92 Å². The minimum absolute atomic E-state index is 0.151. The first-order chi connectivity index (χ1) is 17.7. The summed E-state index contributed by atoms with van der Waals surface area (Å²) < 4.78 is 2.30. The number of H-pyrrole nitrogens is 1. The minimum Gasteiger partial charge on any atom is -0.348 e. The van der Waals surface area contributed by atoms with E-state index < -0.39 is 0 Å². The summed E-state index contributed by atoms with van der Waals surface area (Å²) >= 11 is 0. The van der Waals surface area contributed by atoms with Crippen LogP contribution in [0.1, 0.15) is 52.6 Å². The molecule has 0 radical (unpaired) electrons. The summed E-state index contributed by atoms with van der Waals surface area (Å²) in [5, 5.41) is 3.95. The van der Waals surface area contributed by atoms with E-state index in [4.69, 9.17) is 0 Å². The molecule has 8 heteroatoms. The van der Waals surface area contributed by atoms with Gasteiger partial charge in [-0.2, -0.15) is 0 Å². The van der Waals surface area contributed by atoms with Crippen LogP contribution in [0.4, 0.5) is 0 Å². The molecule has 0 aliphatic carbocycles. The summed E-state index contributed by atoms with van der Waals surface area (Å²) in [7, 11) is 0. The van der Waals surface area contributed by atoms with E-state index in [0.29, 0.717) is 23.1 Å². The van der Waals surface area contributed by atoms with Gasteiger partial charge in [-0.05, 0) is 70.3 Å². The second-order valence-corrected chi connectivity index (χ2v) is 10.8. The highest BCUT2D eigenvalue weighted by molar-refractivity contribution is 6.08. The summed E-state index contributed by atoms with van der Waals surface area (Å²) in [6.07, 6.45) is 2.22. The summed E-state index contributed by atoms with van der Waals surface area (Å²) in [4.78, 5) is 44.6. The molecule has 2 amide bonds. The van der Waals surface area contributed by atoms with Crippen molar-refractivity contribution in [2.45, 2.75) is 59.7 Å². The largest absolute Gasteiger partial charge is 0.348 e. The Morgan fingerprint density at radius 3 is 2.46 bits per heavy atom. The van der Waals surface area contributed by atoms with Crippen LogP contribution in [0.2, 0.25) is 0 Å². The first-order valence-corrected chi connectivity index (χ1v) is 13.3. The van der Waals surface area contributed by atoms with E-state index in [1.807, 2.05) is 49.9 Å². The number of aromatic amines is 1. The van der Waals surface area contributed by atoms with Gasteiger partial charge in [-0.25, -0.2) is 0 Å². The first-order valence-electron chi connectivity index (χ1n) is 13.3. The van der Waals surface area contributed by atoms with E-state index in [-0.39, 0.29) is 23.9 Å². The predicted octanol–water partition coefficient (Wildman–Crippen LogP) is 3.13. The Kier molecular flexibility index (Phi) is 6.94. The number of nitrogens with one attached hydrogen (secondary N) is 2. The number of amides is 2. The Morgan fingerprint density at radius 2 is 1.78 bits per heavy atom. The molecule has 196 valence electrons. The maximum Gasteiger partial charge on any atom is 0.254 e. The van der Waals surface area contributed by atoms with Crippen LogP contribution in [0.25, 0.3) is 10.9 Å². The molecule has 1 aromatic carbocycles. The van der Waals surface area contributed by atoms with Gasteiger partial charge in [0.2, 0.25) is 5.91 Å². The quantitative estimate of drug-likeness (QED) is 0.541. The standard InChI is InChI=1S/C29H37N5O3/c1-18-13-19(2)31-28(36)25(18)14-30-29(37)27-20(3)34(26-8-6-5-7-24(26)27)15-22-9-11-32(12-10-22)23-16-33(17-23)21(4)35/h5-8,13,22-23H,9-12,14-17H2,1-4H3,(H,30,37)(H,31,36). The molecule has 2 aromatic heterocycles. The maximum atomic E-state index is 13.4. The lowest BCUT2D eigenvalue weighted by Gasteiger charge is -2.47. The second kappa shape index (κ2) is 10.2. The molecule has 4 heterocycles. The number of likely N-dealkylation sites (tertiary alicyclic amines) is 2. The zero-order chi connectivity index (χ0) is 26.3. The SMILES string of the molecule is CC(=O)N1CC(N2CCC(Cn3c(C)c(C(=O)NCc4c(C)cc(C)[nH]c4=O)c4ccccc43)CC2)C1. The second-order valence-electron chi connectivity index (χ2n) is 10.8. The third-order valence-corrected chi connectivity index (χ3v) is 8.29. The Bertz CT molecular complexity index is 1390. The number of aromatic nitrogens is 2. The number of piperidine rings is 1.